The van der Waals surface area contributed by atoms with Crippen molar-refractivity contribution in [3.05, 3.63) is 0 Å². The van der Waals surface area contributed by atoms with E-state index in [4.69, 9.17) is 4.74 Å². The van der Waals surface area contributed by atoms with Crippen molar-refractivity contribution in [1.82, 2.24) is 10.2 Å². The third-order valence-corrected chi connectivity index (χ3v) is 3.37. The summed E-state index contributed by atoms with van der Waals surface area (Å²) in [6.07, 6.45) is 1.87. The normalized spacial score (nSPS) is 16.5. The minimum Gasteiger partial charge on any atom is -0.465 e. The molecule has 0 aliphatic carbocycles. The van der Waals surface area contributed by atoms with Crippen LogP contribution in [0.1, 0.15) is 54.4 Å². The van der Waals surface area contributed by atoms with E-state index in [0.29, 0.717) is 12.6 Å². The zero-order valence-electron chi connectivity index (χ0n) is 13.7. The van der Waals surface area contributed by atoms with Gasteiger partial charge in [-0.3, -0.25) is 10.1 Å². The summed E-state index contributed by atoms with van der Waals surface area (Å²) in [4.78, 5) is 14.5. The highest BCUT2D eigenvalue weighted by Crippen LogP contribution is 2.19. The minimum absolute atomic E-state index is 0.152. The van der Waals surface area contributed by atoms with Crippen LogP contribution in [0.5, 0.6) is 0 Å². The fourth-order valence-electron chi connectivity index (χ4n) is 2.45. The SMILES string of the molecule is CCCN(C)C(C)CC(C)(NC(C)C)C(=O)OCC. The number of nitrogens with zero attached hydrogens (tertiary/aromatic N) is 1. The zero-order valence-corrected chi connectivity index (χ0v) is 13.7. The van der Waals surface area contributed by atoms with Gasteiger partial charge in [-0.15, -0.1) is 0 Å². The van der Waals surface area contributed by atoms with Gasteiger partial charge in [0.2, 0.25) is 0 Å². The zero-order chi connectivity index (χ0) is 15.1. The van der Waals surface area contributed by atoms with E-state index < -0.39 is 5.54 Å². The van der Waals surface area contributed by atoms with Crippen LogP contribution in [0.15, 0.2) is 0 Å². The van der Waals surface area contributed by atoms with Crippen molar-refractivity contribution in [2.24, 2.45) is 0 Å². The first-order valence-electron chi connectivity index (χ1n) is 7.42. The average Bonchev–Trinajstić information content (AvgIpc) is 2.28. The van der Waals surface area contributed by atoms with Crippen LogP contribution in [0.3, 0.4) is 0 Å². The van der Waals surface area contributed by atoms with Crippen molar-refractivity contribution >= 4 is 5.97 Å². The summed E-state index contributed by atoms with van der Waals surface area (Å²) < 4.78 is 5.23. The third-order valence-electron chi connectivity index (χ3n) is 3.37. The van der Waals surface area contributed by atoms with Gasteiger partial charge in [0.25, 0.3) is 0 Å². The van der Waals surface area contributed by atoms with E-state index in [0.717, 1.165) is 19.4 Å². The molecule has 0 aromatic rings. The predicted octanol–water partition coefficient (Wildman–Crippen LogP) is 2.43. The molecule has 114 valence electrons. The van der Waals surface area contributed by atoms with E-state index in [9.17, 15) is 4.79 Å². The van der Waals surface area contributed by atoms with Gasteiger partial charge >= 0.3 is 5.97 Å². The van der Waals surface area contributed by atoms with Crippen LogP contribution in [0.25, 0.3) is 0 Å². The number of hydrogen-bond acceptors (Lipinski definition) is 4. The maximum absolute atomic E-state index is 12.2. The second-order valence-electron chi connectivity index (χ2n) is 5.89. The summed E-state index contributed by atoms with van der Waals surface area (Å²) in [5, 5.41) is 3.37. The molecule has 0 aromatic carbocycles. The Labute approximate surface area is 118 Å². The molecule has 0 saturated carbocycles. The Hall–Kier alpha value is -0.610. The van der Waals surface area contributed by atoms with Crippen LogP contribution in [-0.2, 0) is 9.53 Å². The van der Waals surface area contributed by atoms with Gasteiger partial charge in [0.1, 0.15) is 5.54 Å². The Bertz CT molecular complexity index is 269. The topological polar surface area (TPSA) is 41.6 Å². The number of carbonyl (C=O) groups is 1. The number of esters is 1. The Morgan fingerprint density at radius 3 is 2.32 bits per heavy atom. The Morgan fingerprint density at radius 2 is 1.89 bits per heavy atom. The maximum atomic E-state index is 12.2. The standard InChI is InChI=1S/C15H32N2O2/c1-8-10-17(7)13(5)11-15(6,16-12(3)4)14(18)19-9-2/h12-13,16H,8-11H2,1-7H3. The second-order valence-corrected chi connectivity index (χ2v) is 5.89. The lowest BCUT2D eigenvalue weighted by molar-refractivity contribution is -0.151. The number of rotatable bonds is 9. The molecule has 0 spiro atoms. The lowest BCUT2D eigenvalue weighted by atomic mass is 9.92. The molecule has 2 unspecified atom stereocenters. The molecule has 4 heteroatoms. The molecule has 0 aromatic heterocycles. The van der Waals surface area contributed by atoms with E-state index in [-0.39, 0.29) is 12.0 Å². The number of carbonyl (C=O) groups excluding carboxylic acids is 1. The molecule has 0 aliphatic heterocycles. The number of nitrogens with one attached hydrogen (secondary N) is 1. The summed E-state index contributed by atoms with van der Waals surface area (Å²) >= 11 is 0. The van der Waals surface area contributed by atoms with Crippen LogP contribution in [-0.4, -0.2) is 48.7 Å². The van der Waals surface area contributed by atoms with Crippen molar-refractivity contribution in [3.63, 3.8) is 0 Å². The van der Waals surface area contributed by atoms with Crippen LogP contribution in [0, 0.1) is 0 Å². The van der Waals surface area contributed by atoms with E-state index >= 15 is 0 Å². The fourth-order valence-corrected chi connectivity index (χ4v) is 2.45. The molecule has 4 nitrogen and oxygen atoms in total. The van der Waals surface area contributed by atoms with Gasteiger partial charge in [-0.1, -0.05) is 6.92 Å². The summed E-state index contributed by atoms with van der Waals surface area (Å²) in [6.45, 7) is 13.7. The highest BCUT2D eigenvalue weighted by atomic mass is 16.5. The van der Waals surface area contributed by atoms with Crippen molar-refractivity contribution in [2.75, 3.05) is 20.2 Å². The highest BCUT2D eigenvalue weighted by Gasteiger charge is 2.37. The predicted molar refractivity (Wildman–Crippen MR) is 80.3 cm³/mol. The molecule has 0 bridgehead atoms. The molecule has 0 radical (unpaired) electrons. The number of hydrogen-bond donors (Lipinski definition) is 1. The average molecular weight is 272 g/mol. The van der Waals surface area contributed by atoms with Crippen molar-refractivity contribution < 1.29 is 9.53 Å². The first-order valence-corrected chi connectivity index (χ1v) is 7.42. The monoisotopic (exact) mass is 272 g/mol. The molecule has 0 aliphatic rings. The first-order chi connectivity index (χ1) is 8.76. The van der Waals surface area contributed by atoms with Crippen LogP contribution in [0.2, 0.25) is 0 Å². The van der Waals surface area contributed by atoms with Crippen LogP contribution < -0.4 is 5.32 Å². The summed E-state index contributed by atoms with van der Waals surface area (Å²) in [6, 6.07) is 0.582. The third kappa shape index (κ3) is 6.39. The molecule has 19 heavy (non-hydrogen) atoms. The summed E-state index contributed by atoms with van der Waals surface area (Å²) in [5.74, 6) is -0.152. The Kier molecular flexibility index (Phi) is 8.26. The van der Waals surface area contributed by atoms with Crippen molar-refractivity contribution in [2.45, 2.75) is 72.0 Å². The lowest BCUT2D eigenvalue weighted by Crippen LogP contribution is -2.56. The van der Waals surface area contributed by atoms with Gasteiger partial charge in [0.05, 0.1) is 6.61 Å². The molecule has 0 fully saturated rings. The van der Waals surface area contributed by atoms with Gasteiger partial charge in [0, 0.05) is 12.1 Å². The van der Waals surface area contributed by atoms with Crippen molar-refractivity contribution in [1.29, 1.82) is 0 Å². The smallest absolute Gasteiger partial charge is 0.326 e. The van der Waals surface area contributed by atoms with Crippen molar-refractivity contribution in [3.8, 4) is 0 Å². The van der Waals surface area contributed by atoms with Gasteiger partial charge in [-0.2, -0.15) is 0 Å². The van der Waals surface area contributed by atoms with Gasteiger partial charge in [-0.05, 0) is 61.1 Å². The molecule has 0 amide bonds. The molecule has 0 rings (SSSR count). The maximum Gasteiger partial charge on any atom is 0.326 e. The summed E-state index contributed by atoms with van der Waals surface area (Å²) in [7, 11) is 2.11. The molecule has 2 atom stereocenters. The van der Waals surface area contributed by atoms with E-state index in [2.05, 4.69) is 45.0 Å². The Balaban J connectivity index is 4.79. The second kappa shape index (κ2) is 8.54. The van der Waals surface area contributed by atoms with Gasteiger partial charge in [-0.25, -0.2) is 0 Å². The van der Waals surface area contributed by atoms with Crippen LogP contribution in [0.4, 0.5) is 0 Å². The molecule has 0 heterocycles. The van der Waals surface area contributed by atoms with E-state index in [1.54, 1.807) is 0 Å². The van der Waals surface area contributed by atoms with Gasteiger partial charge in [0.15, 0.2) is 0 Å². The highest BCUT2D eigenvalue weighted by molar-refractivity contribution is 5.80. The largest absolute Gasteiger partial charge is 0.465 e. The number of ether oxygens (including phenoxy) is 1. The molecular formula is C15H32N2O2. The van der Waals surface area contributed by atoms with Gasteiger partial charge < -0.3 is 9.64 Å². The molecule has 0 saturated heterocycles. The minimum atomic E-state index is -0.619. The Morgan fingerprint density at radius 1 is 1.32 bits per heavy atom. The first kappa shape index (κ1) is 18.4. The lowest BCUT2D eigenvalue weighted by Gasteiger charge is -2.35. The fraction of sp³-hybridized carbons (Fsp3) is 0.933. The summed E-state index contributed by atoms with van der Waals surface area (Å²) in [5.41, 5.74) is -0.619. The quantitative estimate of drug-likeness (QED) is 0.655. The molecular weight excluding hydrogens is 240 g/mol. The van der Waals surface area contributed by atoms with E-state index in [1.165, 1.54) is 0 Å². The van der Waals surface area contributed by atoms with E-state index in [1.807, 2.05) is 13.8 Å². The molecule has 1 N–H and O–H groups in total. The van der Waals surface area contributed by atoms with Crippen LogP contribution >= 0.6 is 0 Å².